The number of benzene rings is 2. The normalized spacial score (nSPS) is 19.3. The zero-order valence-electron chi connectivity index (χ0n) is 19.7. The lowest BCUT2D eigenvalue weighted by atomic mass is 9.91. The van der Waals surface area contributed by atoms with Gasteiger partial charge >= 0.3 is 5.97 Å². The van der Waals surface area contributed by atoms with Gasteiger partial charge in [-0.2, -0.15) is 0 Å². The fraction of sp³-hybridized carbons (Fsp3) is 0.458. The number of hydrogen-bond donors (Lipinski definition) is 1. The first-order valence-electron chi connectivity index (χ1n) is 11.3. The lowest BCUT2D eigenvalue weighted by molar-refractivity contribution is -0.387. The minimum atomic E-state index is -4.29. The van der Waals surface area contributed by atoms with Crippen molar-refractivity contribution in [1.29, 1.82) is 0 Å². The van der Waals surface area contributed by atoms with Crippen molar-refractivity contribution in [1.82, 2.24) is 4.72 Å². The molecule has 0 saturated carbocycles. The van der Waals surface area contributed by atoms with Crippen LogP contribution in [0.15, 0.2) is 59.5 Å². The Balaban J connectivity index is 1.98. The molecule has 3 rings (SSSR count). The van der Waals surface area contributed by atoms with Crippen molar-refractivity contribution in [3.8, 4) is 0 Å². The van der Waals surface area contributed by atoms with Crippen molar-refractivity contribution in [2.75, 3.05) is 11.4 Å². The Kier molecular flexibility index (Phi) is 7.93. The van der Waals surface area contributed by atoms with E-state index in [4.69, 9.17) is 4.74 Å². The fourth-order valence-electron chi connectivity index (χ4n) is 4.20. The summed E-state index contributed by atoms with van der Waals surface area (Å²) in [6.45, 7) is 8.02. The fourth-order valence-corrected chi connectivity index (χ4v) is 5.62. The largest absolute Gasteiger partial charge is 0.460 e. The predicted molar refractivity (Wildman–Crippen MR) is 129 cm³/mol. The van der Waals surface area contributed by atoms with Gasteiger partial charge in [-0.15, -0.1) is 0 Å². The summed E-state index contributed by atoms with van der Waals surface area (Å²) in [4.78, 5) is 24.8. The van der Waals surface area contributed by atoms with Gasteiger partial charge in [0.1, 0.15) is 6.10 Å². The van der Waals surface area contributed by atoms with Crippen LogP contribution in [0.5, 0.6) is 0 Å². The summed E-state index contributed by atoms with van der Waals surface area (Å²) >= 11 is 0. The Bertz CT molecular complexity index is 1120. The molecule has 1 fully saturated rings. The van der Waals surface area contributed by atoms with E-state index in [1.54, 1.807) is 0 Å². The van der Waals surface area contributed by atoms with Crippen LogP contribution in [0.3, 0.4) is 0 Å². The Morgan fingerprint density at radius 1 is 1.09 bits per heavy atom. The van der Waals surface area contributed by atoms with Crippen molar-refractivity contribution >= 4 is 27.4 Å². The minimum Gasteiger partial charge on any atom is -0.460 e. The van der Waals surface area contributed by atoms with Gasteiger partial charge in [0.2, 0.25) is 10.0 Å². The molecular formula is C24H31N3O6S. The number of cyclic esters (lactones) is 1. The lowest BCUT2D eigenvalue weighted by Crippen LogP contribution is -2.52. The first kappa shape index (κ1) is 25.6. The highest BCUT2D eigenvalue weighted by molar-refractivity contribution is 7.89. The minimum absolute atomic E-state index is 0.0125. The quantitative estimate of drug-likeness (QED) is 0.307. The van der Waals surface area contributed by atoms with Gasteiger partial charge in [-0.1, -0.05) is 44.2 Å². The molecule has 0 radical (unpaired) electrons. The molecular weight excluding hydrogens is 458 g/mol. The molecule has 0 amide bonds. The number of nitro benzene ring substituents is 1. The highest BCUT2D eigenvalue weighted by Crippen LogP contribution is 2.32. The van der Waals surface area contributed by atoms with E-state index in [1.165, 1.54) is 18.2 Å². The predicted octanol–water partition coefficient (Wildman–Crippen LogP) is 3.74. The molecule has 10 heteroatoms. The van der Waals surface area contributed by atoms with E-state index in [-0.39, 0.29) is 30.4 Å². The average molecular weight is 490 g/mol. The number of carbonyl (C=O) groups is 1. The van der Waals surface area contributed by atoms with Gasteiger partial charge in [0, 0.05) is 24.3 Å². The Morgan fingerprint density at radius 2 is 1.71 bits per heavy atom. The van der Waals surface area contributed by atoms with E-state index >= 15 is 0 Å². The summed E-state index contributed by atoms with van der Waals surface area (Å²) in [5.41, 5.74) is 0.373. The van der Waals surface area contributed by atoms with Crippen LogP contribution < -0.4 is 9.62 Å². The van der Waals surface area contributed by atoms with Crippen LogP contribution in [0.1, 0.15) is 34.1 Å². The number of ether oxygens (including phenoxy) is 1. The van der Waals surface area contributed by atoms with Gasteiger partial charge in [-0.3, -0.25) is 14.9 Å². The summed E-state index contributed by atoms with van der Waals surface area (Å²) < 4.78 is 34.9. The zero-order chi connectivity index (χ0) is 25.0. The van der Waals surface area contributed by atoms with Gasteiger partial charge in [-0.05, 0) is 44.4 Å². The zero-order valence-corrected chi connectivity index (χ0v) is 20.6. The molecule has 3 atom stereocenters. The first-order chi connectivity index (χ1) is 16.0. The number of nitrogens with zero attached hydrogens (tertiary/aromatic N) is 2. The molecule has 1 aliphatic rings. The molecule has 0 bridgehead atoms. The number of nitrogens with one attached hydrogen (secondary N) is 1. The van der Waals surface area contributed by atoms with Crippen molar-refractivity contribution in [3.05, 3.63) is 64.7 Å². The molecule has 0 aliphatic carbocycles. The second-order valence-electron chi connectivity index (χ2n) is 9.10. The van der Waals surface area contributed by atoms with E-state index in [0.717, 1.165) is 11.8 Å². The summed E-state index contributed by atoms with van der Waals surface area (Å²) in [6, 6.07) is 13.9. The molecule has 1 saturated heterocycles. The van der Waals surface area contributed by atoms with Gasteiger partial charge < -0.3 is 9.64 Å². The first-order valence-corrected chi connectivity index (χ1v) is 12.8. The van der Waals surface area contributed by atoms with Crippen LogP contribution in [0.2, 0.25) is 0 Å². The van der Waals surface area contributed by atoms with Crippen LogP contribution in [0.25, 0.3) is 0 Å². The molecule has 1 aliphatic heterocycles. The van der Waals surface area contributed by atoms with Gasteiger partial charge in [0.15, 0.2) is 4.90 Å². The topological polar surface area (TPSA) is 119 Å². The average Bonchev–Trinajstić information content (AvgIpc) is 3.18. The van der Waals surface area contributed by atoms with Crippen molar-refractivity contribution in [3.63, 3.8) is 0 Å². The summed E-state index contributed by atoms with van der Waals surface area (Å²) in [6.07, 6.45) is -0.344. The number of nitro groups is 1. The number of para-hydroxylation sites is 2. The number of rotatable bonds is 10. The van der Waals surface area contributed by atoms with E-state index in [9.17, 15) is 23.3 Å². The van der Waals surface area contributed by atoms with Crippen molar-refractivity contribution < 1.29 is 22.9 Å². The number of sulfonamides is 1. The number of carbonyl (C=O) groups excluding carboxylic acids is 1. The molecule has 9 nitrogen and oxygen atoms in total. The maximum atomic E-state index is 13.3. The number of anilines is 1. The summed E-state index contributed by atoms with van der Waals surface area (Å²) in [7, 11) is -4.29. The number of esters is 1. The van der Waals surface area contributed by atoms with Crippen LogP contribution in [0, 0.1) is 22.0 Å². The van der Waals surface area contributed by atoms with Crippen molar-refractivity contribution in [2.24, 2.45) is 11.8 Å². The van der Waals surface area contributed by atoms with Gasteiger partial charge in [0.05, 0.1) is 16.9 Å². The Labute approximate surface area is 200 Å². The van der Waals surface area contributed by atoms with Crippen LogP contribution in [-0.4, -0.2) is 44.0 Å². The van der Waals surface area contributed by atoms with Gasteiger partial charge in [0.25, 0.3) is 5.69 Å². The Morgan fingerprint density at radius 3 is 2.26 bits per heavy atom. The van der Waals surface area contributed by atoms with Crippen molar-refractivity contribution in [2.45, 2.75) is 57.2 Å². The van der Waals surface area contributed by atoms with Crippen LogP contribution in [-0.2, 0) is 19.6 Å². The molecule has 2 aromatic carbocycles. The van der Waals surface area contributed by atoms with E-state index < -0.39 is 37.7 Å². The highest BCUT2D eigenvalue weighted by Gasteiger charge is 2.43. The van der Waals surface area contributed by atoms with E-state index in [1.807, 2.05) is 62.9 Å². The molecule has 1 N–H and O–H groups in total. The second-order valence-corrected chi connectivity index (χ2v) is 10.8. The molecule has 0 spiro atoms. The molecule has 34 heavy (non-hydrogen) atoms. The number of hydrogen-bond acceptors (Lipinski definition) is 7. The standard InChI is InChI=1S/C24H31N3O6S/c1-16(2)19-14-22(33-24(19)28)20(15-26(17(3)4)18-10-6-5-7-11-18)25-34(31,32)23-13-9-8-12-21(23)27(29)30/h5-13,16-17,19-20,22,25H,14-15H2,1-4H3/t19-,20?,22-/m0/s1. The maximum absolute atomic E-state index is 13.3. The monoisotopic (exact) mass is 489 g/mol. The molecule has 1 heterocycles. The third kappa shape index (κ3) is 5.74. The highest BCUT2D eigenvalue weighted by atomic mass is 32.2. The second kappa shape index (κ2) is 10.5. The lowest BCUT2D eigenvalue weighted by Gasteiger charge is -2.34. The summed E-state index contributed by atoms with van der Waals surface area (Å²) in [5, 5.41) is 11.5. The molecule has 2 aromatic rings. The summed E-state index contributed by atoms with van der Waals surface area (Å²) in [5.74, 6) is -0.654. The van der Waals surface area contributed by atoms with Crippen LogP contribution in [0.4, 0.5) is 11.4 Å². The molecule has 1 unspecified atom stereocenters. The van der Waals surface area contributed by atoms with E-state index in [2.05, 4.69) is 4.72 Å². The van der Waals surface area contributed by atoms with E-state index in [0.29, 0.717) is 6.42 Å². The van der Waals surface area contributed by atoms with Gasteiger partial charge in [-0.25, -0.2) is 13.1 Å². The SMILES string of the molecule is CC(C)[C@@H]1C[C@@H](C(CN(c2ccccc2)C(C)C)NS(=O)(=O)c2ccccc2[N+](=O)[O-])OC1=O. The Hall–Kier alpha value is -2.98. The third-order valence-electron chi connectivity index (χ3n) is 6.07. The molecule has 184 valence electrons. The third-order valence-corrected chi connectivity index (χ3v) is 7.61. The maximum Gasteiger partial charge on any atom is 0.309 e. The molecule has 0 aromatic heterocycles. The smallest absolute Gasteiger partial charge is 0.309 e. The van der Waals surface area contributed by atoms with Crippen LogP contribution >= 0.6 is 0 Å².